The van der Waals surface area contributed by atoms with Gasteiger partial charge in [-0.2, -0.15) is 26.3 Å². The minimum absolute atomic E-state index is 0. The summed E-state index contributed by atoms with van der Waals surface area (Å²) in [6, 6.07) is 18.4. The van der Waals surface area contributed by atoms with E-state index in [2.05, 4.69) is 88.1 Å². The number of benzene rings is 2. The van der Waals surface area contributed by atoms with E-state index in [4.69, 9.17) is 17.7 Å². The van der Waals surface area contributed by atoms with Crippen LogP contribution in [-0.2, 0) is 35.3 Å². The maximum atomic E-state index is 12.7. The predicted octanol–water partition coefficient (Wildman–Crippen LogP) is 20.6. The van der Waals surface area contributed by atoms with Crippen LogP contribution < -0.4 is 5.32 Å². The number of hydrogen-bond donors (Lipinski definition) is 1. The standard InChI is InChI=1S/C16H32F3NO3Si.2C10H14.C8H15F3O2Si.12CH4/c1-11(2)20-15(21)13(4)9-8-12(3)10-24(7,22-6)23-14(5)16(17,18)19;2*1-3-4-10-7-5-9(2)6-8-10;1-5-6-14(4,12-3)13-7(2)8(9,10)11;;;;;;;;;;;;/h11-14H,8-10H2,1-7H3,(H,20,21);2*5-8H,3-4H2,1-2H3;5,7H,1,6H2,2-4H3;12*1H4. The van der Waals surface area contributed by atoms with Crippen LogP contribution in [-0.4, -0.2) is 67.9 Å². The normalized spacial score (nSPS) is 13.0. The van der Waals surface area contributed by atoms with Gasteiger partial charge in [-0.1, -0.05) is 202 Å². The van der Waals surface area contributed by atoms with E-state index in [1.165, 1.54) is 68.2 Å². The van der Waals surface area contributed by atoms with Gasteiger partial charge in [0.25, 0.3) is 0 Å². The number of halogens is 6. The molecule has 2 aromatic carbocycles. The van der Waals surface area contributed by atoms with Crippen molar-refractivity contribution < 1.29 is 48.8 Å². The van der Waals surface area contributed by atoms with E-state index in [0.29, 0.717) is 18.5 Å². The molecule has 0 aliphatic carbocycles. The second kappa shape index (κ2) is 52.8. The third kappa shape index (κ3) is 50.4. The van der Waals surface area contributed by atoms with Crippen molar-refractivity contribution in [2.24, 2.45) is 11.8 Å². The highest BCUT2D eigenvalue weighted by Gasteiger charge is 2.44. The molecule has 0 aliphatic rings. The largest absolute Gasteiger partial charge is 0.413 e. The molecular formula is C56H123F6NO5Si2. The van der Waals surface area contributed by atoms with Crippen molar-refractivity contribution in [1.82, 2.24) is 5.32 Å². The zero-order valence-electron chi connectivity index (χ0n) is 37.8. The Hall–Kier alpha value is -2.50. The summed E-state index contributed by atoms with van der Waals surface area (Å²) < 4.78 is 95.1. The lowest BCUT2D eigenvalue weighted by Gasteiger charge is -2.32. The molecule has 2 rings (SSSR count). The number of carbonyl (C=O) groups is 1. The quantitative estimate of drug-likeness (QED) is 0.0863. The van der Waals surface area contributed by atoms with Gasteiger partial charge in [-0.15, -0.1) is 6.58 Å². The van der Waals surface area contributed by atoms with Gasteiger partial charge in [0.05, 0.1) is 0 Å². The number of carbonyl (C=O) groups excluding carboxylic acids is 1. The van der Waals surface area contributed by atoms with E-state index in [-0.39, 0.29) is 113 Å². The van der Waals surface area contributed by atoms with Crippen LogP contribution in [0.2, 0.25) is 25.2 Å². The summed E-state index contributed by atoms with van der Waals surface area (Å²) in [7, 11) is -2.88. The molecule has 0 spiro atoms. The fourth-order valence-electron chi connectivity index (χ4n) is 5.42. The molecule has 6 unspecified atom stereocenters. The number of hydrogen-bond acceptors (Lipinski definition) is 5. The molecule has 6 nitrogen and oxygen atoms in total. The van der Waals surface area contributed by atoms with Gasteiger partial charge in [0.2, 0.25) is 5.91 Å². The summed E-state index contributed by atoms with van der Waals surface area (Å²) in [4.78, 5) is 11.9. The van der Waals surface area contributed by atoms with Crippen molar-refractivity contribution in [3.63, 3.8) is 0 Å². The van der Waals surface area contributed by atoms with Crippen LogP contribution in [0.4, 0.5) is 26.3 Å². The van der Waals surface area contributed by atoms with Crippen LogP contribution in [0.25, 0.3) is 0 Å². The molecular weight excluding hydrogens is 937 g/mol. The average Bonchev–Trinajstić information content (AvgIpc) is 3.12. The van der Waals surface area contributed by atoms with Gasteiger partial charge in [0, 0.05) is 32.2 Å². The summed E-state index contributed by atoms with van der Waals surface area (Å²) in [6.07, 6.45) is -4.53. The maximum absolute atomic E-state index is 12.7. The zero-order chi connectivity index (χ0) is 45.3. The summed E-state index contributed by atoms with van der Waals surface area (Å²) in [5.41, 5.74) is 5.60. The summed E-state index contributed by atoms with van der Waals surface area (Å²) in [5.74, 6) is 0.00239. The first kappa shape index (κ1) is 104. The van der Waals surface area contributed by atoms with Crippen LogP contribution in [0.15, 0.2) is 61.2 Å². The van der Waals surface area contributed by atoms with Crippen molar-refractivity contribution in [3.05, 3.63) is 83.4 Å². The Morgan fingerprint density at radius 2 is 0.914 bits per heavy atom. The van der Waals surface area contributed by atoms with Gasteiger partial charge in [0.1, 0.15) is 12.2 Å². The number of nitrogens with one attached hydrogen (secondary N) is 1. The van der Waals surface area contributed by atoms with E-state index < -0.39 is 41.7 Å². The second-order valence-corrected chi connectivity index (χ2v) is 22.3. The van der Waals surface area contributed by atoms with Gasteiger partial charge in [-0.05, 0) is 97.0 Å². The van der Waals surface area contributed by atoms with Crippen molar-refractivity contribution in [2.45, 2.75) is 253 Å². The summed E-state index contributed by atoms with van der Waals surface area (Å²) >= 11 is 0. The third-order valence-electron chi connectivity index (χ3n) is 9.16. The topological polar surface area (TPSA) is 66.0 Å². The van der Waals surface area contributed by atoms with Crippen LogP contribution in [0.5, 0.6) is 0 Å². The fourth-order valence-corrected chi connectivity index (χ4v) is 9.89. The molecule has 0 radical (unpaired) electrons. The van der Waals surface area contributed by atoms with E-state index in [0.717, 1.165) is 20.3 Å². The Morgan fingerprint density at radius 1 is 0.600 bits per heavy atom. The average molecular weight is 1060 g/mol. The number of alkyl halides is 6. The lowest BCUT2D eigenvalue weighted by Crippen LogP contribution is -2.46. The Balaban J connectivity index is -0.0000000497. The molecule has 0 aliphatic heterocycles. The lowest BCUT2D eigenvalue weighted by molar-refractivity contribution is -0.195. The number of amides is 1. The minimum atomic E-state index is -4.39. The fraction of sp³-hybridized carbons (Fsp3) is 0.732. The Morgan fingerprint density at radius 3 is 1.17 bits per heavy atom. The highest BCUT2D eigenvalue weighted by molar-refractivity contribution is 6.66. The summed E-state index contributed by atoms with van der Waals surface area (Å²) in [5, 5.41) is 2.86. The first-order valence-corrected chi connectivity index (χ1v) is 25.4. The number of rotatable bonds is 19. The van der Waals surface area contributed by atoms with E-state index in [9.17, 15) is 31.1 Å². The molecule has 0 aromatic heterocycles. The smallest absolute Gasteiger partial charge is 0.398 e. The van der Waals surface area contributed by atoms with Crippen LogP contribution in [0, 0.1) is 25.7 Å². The van der Waals surface area contributed by atoms with Crippen LogP contribution >= 0.6 is 0 Å². The van der Waals surface area contributed by atoms with Gasteiger partial charge in [0.15, 0.2) is 0 Å². The van der Waals surface area contributed by atoms with Gasteiger partial charge in [-0.3, -0.25) is 4.79 Å². The first-order chi connectivity index (χ1) is 26.7. The molecule has 1 amide bonds. The van der Waals surface area contributed by atoms with Crippen molar-refractivity contribution in [2.75, 3.05) is 14.2 Å². The molecule has 1 N–H and O–H groups in total. The Labute approximate surface area is 437 Å². The van der Waals surface area contributed by atoms with Crippen molar-refractivity contribution >= 4 is 23.0 Å². The van der Waals surface area contributed by atoms with Crippen LogP contribution in [0.1, 0.15) is 192 Å². The van der Waals surface area contributed by atoms with E-state index in [1.54, 1.807) is 13.1 Å². The third-order valence-corrected chi connectivity index (χ3v) is 15.1. The SMILES string of the molecule is C.C.C.C.C.C.C.C.C.C.C.C.C=CC[Si](C)(OC)OC(C)C(F)(F)F.CCCc1ccc(C)cc1.CCCc1ccc(C)cc1.CO[Si](C)(CC(C)CCC(C)C(=O)NC(C)C)OC(C)C(F)(F)F. The predicted molar refractivity (Wildman–Crippen MR) is 312 cm³/mol. The number of allylic oxidation sites excluding steroid dienone is 1. The van der Waals surface area contributed by atoms with E-state index in [1.807, 2.05) is 27.7 Å². The molecule has 6 atom stereocenters. The highest BCUT2D eigenvalue weighted by atomic mass is 28.4. The second-order valence-electron chi connectivity index (χ2n) is 15.7. The minimum Gasteiger partial charge on any atom is -0.398 e. The Kier molecular flexibility index (Phi) is 78.7. The molecule has 0 fully saturated rings. The highest BCUT2D eigenvalue weighted by Crippen LogP contribution is 2.30. The number of aryl methyl sites for hydroxylation is 4. The molecule has 14 heteroatoms. The van der Waals surface area contributed by atoms with Crippen LogP contribution in [0.3, 0.4) is 0 Å². The first-order valence-electron chi connectivity index (χ1n) is 20.3. The lowest BCUT2D eigenvalue weighted by atomic mass is 9.98. The molecule has 0 bridgehead atoms. The van der Waals surface area contributed by atoms with Gasteiger partial charge < -0.3 is 23.0 Å². The van der Waals surface area contributed by atoms with E-state index >= 15 is 0 Å². The van der Waals surface area contributed by atoms with Gasteiger partial charge in [-0.25, -0.2) is 0 Å². The zero-order valence-corrected chi connectivity index (χ0v) is 39.8. The molecule has 0 heterocycles. The van der Waals surface area contributed by atoms with Gasteiger partial charge >= 0.3 is 29.5 Å². The molecule has 432 valence electrons. The molecule has 70 heavy (non-hydrogen) atoms. The molecule has 0 saturated heterocycles. The Bertz CT molecular complexity index is 1340. The van der Waals surface area contributed by atoms with Crippen molar-refractivity contribution in [1.29, 1.82) is 0 Å². The maximum Gasteiger partial charge on any atom is 0.413 e. The summed E-state index contributed by atoms with van der Waals surface area (Å²) in [6.45, 7) is 25.0. The molecule has 2 aromatic rings. The monoisotopic (exact) mass is 1060 g/mol. The van der Waals surface area contributed by atoms with Crippen molar-refractivity contribution in [3.8, 4) is 0 Å². The molecule has 0 saturated carbocycles.